The summed E-state index contributed by atoms with van der Waals surface area (Å²) in [5, 5.41) is 19.7. The van der Waals surface area contributed by atoms with Crippen molar-refractivity contribution < 1.29 is 5.11 Å². The Hall–Kier alpha value is -2.33. The quantitative estimate of drug-likeness (QED) is 0.783. The molecule has 1 atom stereocenters. The summed E-state index contributed by atoms with van der Waals surface area (Å²) in [5.74, 6) is 0. The monoisotopic (exact) mass is 279 g/mol. The molecule has 1 unspecified atom stereocenters. The summed E-state index contributed by atoms with van der Waals surface area (Å²) < 4.78 is 0. The van der Waals surface area contributed by atoms with Gasteiger partial charge in [-0.25, -0.2) is 0 Å². The molecule has 0 aliphatic rings. The normalized spacial score (nSPS) is 12.6. The highest BCUT2D eigenvalue weighted by Crippen LogP contribution is 2.26. The zero-order valence-electron chi connectivity index (χ0n) is 12.3. The minimum absolute atomic E-state index is 0.704. The molecule has 21 heavy (non-hydrogen) atoms. The van der Waals surface area contributed by atoms with Gasteiger partial charge in [-0.2, -0.15) is 10.2 Å². The molecule has 0 fully saturated rings. The molecule has 4 nitrogen and oxygen atoms in total. The molecule has 0 aliphatic carbocycles. The molecular weight excluding hydrogens is 262 g/mol. The number of pyridine rings is 1. The van der Waals surface area contributed by atoms with Crippen molar-refractivity contribution in [2.75, 3.05) is 0 Å². The average Bonchev–Trinajstić information content (AvgIpc) is 2.48. The number of hydrogen-bond acceptors (Lipinski definition) is 4. The molecule has 0 saturated carbocycles. The number of rotatable bonds is 2. The van der Waals surface area contributed by atoms with E-state index in [0.29, 0.717) is 0 Å². The SMILES string of the molecule is Cc1cc(C(O)c2ccc3nc(C)ccc3c2)c(C)nn1. The number of benzene rings is 1. The Morgan fingerprint density at radius 2 is 1.71 bits per heavy atom. The Labute approximate surface area is 123 Å². The highest BCUT2D eigenvalue weighted by atomic mass is 16.3. The molecule has 0 amide bonds. The van der Waals surface area contributed by atoms with Crippen molar-refractivity contribution in [3.8, 4) is 0 Å². The van der Waals surface area contributed by atoms with Gasteiger partial charge in [0.05, 0.1) is 16.9 Å². The average molecular weight is 279 g/mol. The van der Waals surface area contributed by atoms with Crippen LogP contribution in [0.4, 0.5) is 0 Å². The zero-order valence-corrected chi connectivity index (χ0v) is 12.3. The van der Waals surface area contributed by atoms with Crippen LogP contribution in [0.25, 0.3) is 10.9 Å². The van der Waals surface area contributed by atoms with Crippen LogP contribution in [0.5, 0.6) is 0 Å². The second-order valence-electron chi connectivity index (χ2n) is 5.33. The highest BCUT2D eigenvalue weighted by molar-refractivity contribution is 5.79. The molecule has 2 heterocycles. The lowest BCUT2D eigenvalue weighted by Crippen LogP contribution is -2.05. The summed E-state index contributed by atoms with van der Waals surface area (Å²) in [6, 6.07) is 11.7. The summed E-state index contributed by atoms with van der Waals surface area (Å²) in [6.45, 7) is 5.70. The number of aliphatic hydroxyl groups is 1. The third kappa shape index (κ3) is 2.62. The summed E-state index contributed by atoms with van der Waals surface area (Å²) in [4.78, 5) is 4.48. The predicted octanol–water partition coefficient (Wildman–Crippen LogP) is 3.03. The van der Waals surface area contributed by atoms with Gasteiger partial charge in [-0.15, -0.1) is 0 Å². The van der Waals surface area contributed by atoms with E-state index in [4.69, 9.17) is 0 Å². The van der Waals surface area contributed by atoms with Gasteiger partial charge in [0, 0.05) is 16.6 Å². The zero-order chi connectivity index (χ0) is 15.0. The van der Waals surface area contributed by atoms with Crippen LogP contribution in [0.3, 0.4) is 0 Å². The van der Waals surface area contributed by atoms with Gasteiger partial charge in [0.2, 0.25) is 0 Å². The van der Waals surface area contributed by atoms with Crippen LogP contribution in [0.2, 0.25) is 0 Å². The van der Waals surface area contributed by atoms with Crippen LogP contribution in [0, 0.1) is 20.8 Å². The number of nitrogens with zero attached hydrogens (tertiary/aromatic N) is 3. The van der Waals surface area contributed by atoms with E-state index in [2.05, 4.69) is 15.2 Å². The van der Waals surface area contributed by atoms with Crippen molar-refractivity contribution >= 4 is 10.9 Å². The standard InChI is InChI=1S/C17H17N3O/c1-10-4-5-13-9-14(6-7-16(13)18-10)17(21)15-8-11(2)19-20-12(15)3/h4-9,17,21H,1-3H3. The first-order valence-corrected chi connectivity index (χ1v) is 6.91. The van der Waals surface area contributed by atoms with Crippen LogP contribution in [-0.2, 0) is 0 Å². The lowest BCUT2D eigenvalue weighted by atomic mass is 9.99. The molecular formula is C17H17N3O. The molecule has 0 aliphatic heterocycles. The molecule has 106 valence electrons. The second kappa shape index (κ2) is 5.22. The van der Waals surface area contributed by atoms with Crippen LogP contribution >= 0.6 is 0 Å². The van der Waals surface area contributed by atoms with Crippen molar-refractivity contribution in [1.82, 2.24) is 15.2 Å². The fraction of sp³-hybridized carbons (Fsp3) is 0.235. The van der Waals surface area contributed by atoms with Crippen LogP contribution < -0.4 is 0 Å². The van der Waals surface area contributed by atoms with Gasteiger partial charge in [0.15, 0.2) is 0 Å². The van der Waals surface area contributed by atoms with Crippen molar-refractivity contribution in [2.24, 2.45) is 0 Å². The van der Waals surface area contributed by atoms with Crippen molar-refractivity contribution in [1.29, 1.82) is 0 Å². The molecule has 3 rings (SSSR count). The maximum Gasteiger partial charge on any atom is 0.106 e. The topological polar surface area (TPSA) is 58.9 Å². The summed E-state index contributed by atoms with van der Waals surface area (Å²) in [6.07, 6.45) is -0.704. The lowest BCUT2D eigenvalue weighted by molar-refractivity contribution is 0.218. The van der Waals surface area contributed by atoms with Crippen LogP contribution in [0.15, 0.2) is 36.4 Å². The first-order valence-electron chi connectivity index (χ1n) is 6.91. The van der Waals surface area contributed by atoms with Crippen molar-refractivity contribution in [3.05, 3.63) is 64.6 Å². The maximum absolute atomic E-state index is 10.6. The lowest BCUT2D eigenvalue weighted by Gasteiger charge is -2.14. The molecule has 4 heteroatoms. The van der Waals surface area contributed by atoms with Crippen molar-refractivity contribution in [3.63, 3.8) is 0 Å². The first-order chi connectivity index (χ1) is 10.0. The second-order valence-corrected chi connectivity index (χ2v) is 5.33. The predicted molar refractivity (Wildman–Crippen MR) is 82.0 cm³/mol. The number of aryl methyl sites for hydroxylation is 3. The van der Waals surface area contributed by atoms with E-state index in [1.807, 2.05) is 57.2 Å². The first kappa shape index (κ1) is 13.6. The van der Waals surface area contributed by atoms with E-state index in [1.165, 1.54) is 0 Å². The van der Waals surface area contributed by atoms with E-state index < -0.39 is 6.10 Å². The molecule has 2 aromatic heterocycles. The molecule has 3 aromatic rings. The van der Waals surface area contributed by atoms with Gasteiger partial charge in [0.25, 0.3) is 0 Å². The summed E-state index contributed by atoms with van der Waals surface area (Å²) in [7, 11) is 0. The van der Waals surface area contributed by atoms with E-state index >= 15 is 0 Å². The van der Waals surface area contributed by atoms with Gasteiger partial charge in [0.1, 0.15) is 6.10 Å². The minimum atomic E-state index is -0.704. The summed E-state index contributed by atoms with van der Waals surface area (Å²) >= 11 is 0. The molecule has 0 saturated heterocycles. The fourth-order valence-corrected chi connectivity index (χ4v) is 2.44. The Kier molecular flexibility index (Phi) is 3.39. The third-order valence-corrected chi connectivity index (χ3v) is 3.60. The van der Waals surface area contributed by atoms with Gasteiger partial charge < -0.3 is 5.11 Å². The van der Waals surface area contributed by atoms with E-state index in [1.54, 1.807) is 0 Å². The highest BCUT2D eigenvalue weighted by Gasteiger charge is 2.15. The fourth-order valence-electron chi connectivity index (χ4n) is 2.44. The van der Waals surface area contributed by atoms with Gasteiger partial charge >= 0.3 is 0 Å². The van der Waals surface area contributed by atoms with E-state index in [0.717, 1.165) is 39.1 Å². The van der Waals surface area contributed by atoms with Crippen molar-refractivity contribution in [2.45, 2.75) is 26.9 Å². The Balaban J connectivity index is 2.07. The van der Waals surface area contributed by atoms with E-state index in [9.17, 15) is 5.11 Å². The third-order valence-electron chi connectivity index (χ3n) is 3.60. The molecule has 0 bridgehead atoms. The van der Waals surface area contributed by atoms with Gasteiger partial charge in [-0.3, -0.25) is 4.98 Å². The summed E-state index contributed by atoms with van der Waals surface area (Å²) in [5.41, 5.74) is 5.10. The molecule has 0 spiro atoms. The van der Waals surface area contributed by atoms with Gasteiger partial charge in [-0.1, -0.05) is 12.1 Å². The Bertz CT molecular complexity index is 814. The number of fused-ring (bicyclic) bond motifs is 1. The Morgan fingerprint density at radius 3 is 2.52 bits per heavy atom. The number of aromatic nitrogens is 3. The molecule has 1 N–H and O–H groups in total. The largest absolute Gasteiger partial charge is 0.384 e. The molecule has 0 radical (unpaired) electrons. The Morgan fingerprint density at radius 1 is 0.905 bits per heavy atom. The van der Waals surface area contributed by atoms with Crippen LogP contribution in [-0.4, -0.2) is 20.3 Å². The number of aliphatic hydroxyl groups excluding tert-OH is 1. The van der Waals surface area contributed by atoms with Gasteiger partial charge in [-0.05, 0) is 50.6 Å². The maximum atomic E-state index is 10.6. The smallest absolute Gasteiger partial charge is 0.106 e. The van der Waals surface area contributed by atoms with Crippen LogP contribution in [0.1, 0.15) is 34.3 Å². The number of hydrogen-bond donors (Lipinski definition) is 1. The molecule has 1 aromatic carbocycles. The van der Waals surface area contributed by atoms with E-state index in [-0.39, 0.29) is 0 Å². The minimum Gasteiger partial charge on any atom is -0.384 e.